The predicted molar refractivity (Wildman–Crippen MR) is 66.0 cm³/mol. The van der Waals surface area contributed by atoms with Gasteiger partial charge in [-0.1, -0.05) is 20.8 Å². The summed E-state index contributed by atoms with van der Waals surface area (Å²) in [6.07, 6.45) is 4.05. The summed E-state index contributed by atoms with van der Waals surface area (Å²) in [4.78, 5) is 18.0. The SMILES string of the molecule is CC.CCN[C@@H](Cc1cnc[nH]1)C(C)=O.[HH].[HH]. The van der Waals surface area contributed by atoms with Crippen molar-refractivity contribution in [2.45, 2.75) is 40.2 Å². The molecule has 0 bridgehead atoms. The van der Waals surface area contributed by atoms with E-state index in [1.165, 1.54) is 0 Å². The third kappa shape index (κ3) is 5.32. The molecule has 1 rings (SSSR count). The molecule has 0 radical (unpaired) electrons. The highest BCUT2D eigenvalue weighted by atomic mass is 16.1. The molecule has 15 heavy (non-hydrogen) atoms. The lowest BCUT2D eigenvalue weighted by molar-refractivity contribution is -0.118. The van der Waals surface area contributed by atoms with Crippen LogP contribution in [0.4, 0.5) is 0 Å². The number of rotatable bonds is 5. The van der Waals surface area contributed by atoms with E-state index in [0.717, 1.165) is 12.2 Å². The number of likely N-dealkylation sites (N-methyl/N-ethyl adjacent to an activating group) is 1. The van der Waals surface area contributed by atoms with Crippen LogP contribution < -0.4 is 5.32 Å². The molecule has 0 saturated heterocycles. The van der Waals surface area contributed by atoms with Gasteiger partial charge in [0.1, 0.15) is 5.78 Å². The highest BCUT2D eigenvalue weighted by Gasteiger charge is 2.13. The maximum Gasteiger partial charge on any atom is 0.147 e. The van der Waals surface area contributed by atoms with Crippen molar-refractivity contribution in [3.63, 3.8) is 0 Å². The lowest BCUT2D eigenvalue weighted by atomic mass is 10.1. The number of H-pyrrole nitrogens is 1. The zero-order valence-corrected chi connectivity index (χ0v) is 10.0. The summed E-state index contributed by atoms with van der Waals surface area (Å²) in [5, 5.41) is 3.12. The molecule has 0 saturated carbocycles. The molecule has 0 amide bonds. The van der Waals surface area contributed by atoms with Gasteiger partial charge in [-0.25, -0.2) is 4.98 Å². The van der Waals surface area contributed by atoms with Crippen LogP contribution >= 0.6 is 0 Å². The molecule has 0 spiro atoms. The van der Waals surface area contributed by atoms with Gasteiger partial charge in [0.05, 0.1) is 12.4 Å². The number of hydrogen-bond acceptors (Lipinski definition) is 3. The van der Waals surface area contributed by atoms with Crippen molar-refractivity contribution in [3.05, 3.63) is 18.2 Å². The summed E-state index contributed by atoms with van der Waals surface area (Å²) in [5.41, 5.74) is 0.987. The quantitative estimate of drug-likeness (QED) is 0.790. The highest BCUT2D eigenvalue weighted by Crippen LogP contribution is 1.98. The number of nitrogens with zero attached hydrogens (tertiary/aromatic N) is 1. The van der Waals surface area contributed by atoms with Crippen LogP contribution in [0, 0.1) is 0 Å². The zero-order chi connectivity index (χ0) is 11.7. The van der Waals surface area contributed by atoms with Gasteiger partial charge in [0.25, 0.3) is 0 Å². The third-order valence-corrected chi connectivity index (χ3v) is 1.92. The Kier molecular flexibility index (Phi) is 7.54. The van der Waals surface area contributed by atoms with Crippen molar-refractivity contribution in [1.29, 1.82) is 0 Å². The summed E-state index contributed by atoms with van der Waals surface area (Å²) in [7, 11) is 0. The zero-order valence-electron chi connectivity index (χ0n) is 10.0. The summed E-state index contributed by atoms with van der Waals surface area (Å²) in [5.74, 6) is 0.163. The largest absolute Gasteiger partial charge is 0.348 e. The van der Waals surface area contributed by atoms with E-state index >= 15 is 0 Å². The average Bonchev–Trinajstić information content (AvgIpc) is 2.73. The van der Waals surface area contributed by atoms with E-state index in [1.54, 1.807) is 19.4 Å². The Morgan fingerprint density at radius 3 is 2.73 bits per heavy atom. The fourth-order valence-electron chi connectivity index (χ4n) is 1.22. The van der Waals surface area contributed by atoms with Crippen LogP contribution in [0.25, 0.3) is 0 Å². The molecule has 0 aromatic carbocycles. The predicted octanol–water partition coefficient (Wildman–Crippen LogP) is 2.04. The van der Waals surface area contributed by atoms with Gasteiger partial charge in [-0.3, -0.25) is 4.79 Å². The summed E-state index contributed by atoms with van der Waals surface area (Å²) >= 11 is 0. The van der Waals surface area contributed by atoms with Gasteiger partial charge in [-0.15, -0.1) is 0 Å². The van der Waals surface area contributed by atoms with Crippen molar-refractivity contribution in [2.75, 3.05) is 6.54 Å². The Morgan fingerprint density at radius 1 is 1.67 bits per heavy atom. The normalized spacial score (nSPS) is 11.5. The van der Waals surface area contributed by atoms with Crippen LogP contribution in [-0.4, -0.2) is 28.3 Å². The van der Waals surface area contributed by atoms with Crippen molar-refractivity contribution in [2.24, 2.45) is 0 Å². The van der Waals surface area contributed by atoms with Gasteiger partial charge in [0, 0.05) is 21.2 Å². The minimum Gasteiger partial charge on any atom is -0.348 e. The van der Waals surface area contributed by atoms with Gasteiger partial charge in [-0.2, -0.15) is 0 Å². The lowest BCUT2D eigenvalue weighted by Gasteiger charge is -2.12. The number of carbonyl (C=O) groups is 1. The van der Waals surface area contributed by atoms with E-state index < -0.39 is 0 Å². The second-order valence-corrected chi connectivity index (χ2v) is 3.00. The van der Waals surface area contributed by atoms with Crippen LogP contribution in [0.2, 0.25) is 0 Å². The molecule has 0 aliphatic carbocycles. The Morgan fingerprint density at radius 2 is 2.33 bits per heavy atom. The van der Waals surface area contributed by atoms with Crippen molar-refractivity contribution in [1.82, 2.24) is 15.3 Å². The number of aromatic nitrogens is 2. The monoisotopic (exact) mass is 215 g/mol. The van der Waals surface area contributed by atoms with Crippen molar-refractivity contribution < 1.29 is 7.65 Å². The first-order chi connectivity index (χ1) is 7.24. The first-order valence-corrected chi connectivity index (χ1v) is 5.45. The molecule has 4 heteroatoms. The van der Waals surface area contributed by atoms with E-state index in [0.29, 0.717) is 6.42 Å². The van der Waals surface area contributed by atoms with Gasteiger partial charge in [0.15, 0.2) is 0 Å². The maximum absolute atomic E-state index is 11.2. The molecule has 1 heterocycles. The number of Topliss-reactive ketones (excluding diaryl/α,β-unsaturated/α-hetero) is 1. The van der Waals surface area contributed by atoms with Crippen LogP contribution in [0.1, 0.15) is 36.2 Å². The Hall–Kier alpha value is -1.16. The van der Waals surface area contributed by atoms with Gasteiger partial charge >= 0.3 is 0 Å². The van der Waals surface area contributed by atoms with E-state index in [4.69, 9.17) is 0 Å². The Labute approximate surface area is 94.5 Å². The van der Waals surface area contributed by atoms with E-state index in [-0.39, 0.29) is 14.7 Å². The number of carbonyl (C=O) groups excluding carboxylic acids is 1. The maximum atomic E-state index is 11.2. The van der Waals surface area contributed by atoms with Crippen molar-refractivity contribution in [3.8, 4) is 0 Å². The molecule has 1 aromatic heterocycles. The molecule has 0 aliphatic heterocycles. The number of ketones is 1. The highest BCUT2D eigenvalue weighted by molar-refractivity contribution is 5.81. The van der Waals surface area contributed by atoms with Gasteiger partial charge in [-0.05, 0) is 13.5 Å². The molecule has 1 atom stereocenters. The number of hydrogen-bond donors (Lipinski definition) is 2. The molecule has 4 nitrogen and oxygen atoms in total. The summed E-state index contributed by atoms with van der Waals surface area (Å²) in [6, 6.07) is -0.0922. The second kappa shape index (κ2) is 8.17. The number of aromatic amines is 1. The lowest BCUT2D eigenvalue weighted by Crippen LogP contribution is -2.37. The fraction of sp³-hybridized carbons (Fsp3) is 0.636. The second-order valence-electron chi connectivity index (χ2n) is 3.00. The standard InChI is InChI=1S/C9H15N3O.C2H6.2H2/c1-3-11-9(7(2)13)4-8-5-10-6-12-8;1-2;;/h5-6,9,11H,3-4H2,1-2H3,(H,10,12);1-2H3;2*1H/t9-;;;/m0.../s1. The number of imidazole rings is 1. The van der Waals surface area contributed by atoms with Crippen molar-refractivity contribution >= 4 is 5.78 Å². The fourth-order valence-corrected chi connectivity index (χ4v) is 1.22. The van der Waals surface area contributed by atoms with Crippen LogP contribution in [0.15, 0.2) is 12.5 Å². The van der Waals surface area contributed by atoms with Crippen LogP contribution in [0.3, 0.4) is 0 Å². The minimum atomic E-state index is -0.0922. The third-order valence-electron chi connectivity index (χ3n) is 1.92. The molecular weight excluding hydrogens is 190 g/mol. The first-order valence-electron chi connectivity index (χ1n) is 5.45. The smallest absolute Gasteiger partial charge is 0.147 e. The Balaban J connectivity index is -0.000000464. The molecule has 1 aromatic rings. The molecule has 90 valence electrons. The molecule has 0 aliphatic rings. The average molecular weight is 215 g/mol. The van der Waals surface area contributed by atoms with Crippen LogP contribution in [0.5, 0.6) is 0 Å². The first kappa shape index (κ1) is 13.8. The summed E-state index contributed by atoms with van der Waals surface area (Å²) in [6.45, 7) is 8.39. The van der Waals surface area contributed by atoms with Gasteiger partial charge < -0.3 is 10.3 Å². The number of nitrogens with one attached hydrogen (secondary N) is 2. The minimum absolute atomic E-state index is 0. The van der Waals surface area contributed by atoms with Crippen LogP contribution in [-0.2, 0) is 11.2 Å². The van der Waals surface area contributed by atoms with Gasteiger partial charge in [0.2, 0.25) is 0 Å². The topological polar surface area (TPSA) is 57.8 Å². The molecule has 2 N–H and O–H groups in total. The molecular formula is C11H25N3O. The molecule has 0 fully saturated rings. The van der Waals surface area contributed by atoms with E-state index in [2.05, 4.69) is 15.3 Å². The van der Waals surface area contributed by atoms with E-state index in [1.807, 2.05) is 20.8 Å². The molecule has 0 unspecified atom stereocenters. The summed E-state index contributed by atoms with van der Waals surface area (Å²) < 4.78 is 0. The Bertz CT molecular complexity index is 266. The van der Waals surface area contributed by atoms with E-state index in [9.17, 15) is 4.79 Å².